The summed E-state index contributed by atoms with van der Waals surface area (Å²) in [5.74, 6) is -2.28. The smallest absolute Gasteiger partial charge is 0.448 e. The largest absolute Gasteiger partial charge is 0.493 e. The predicted molar refractivity (Wildman–Crippen MR) is 81.4 cm³/mol. The van der Waals surface area contributed by atoms with Gasteiger partial charge in [0.25, 0.3) is 5.91 Å². The van der Waals surface area contributed by atoms with Crippen molar-refractivity contribution in [2.75, 3.05) is 13.7 Å². The molecular weight excluding hydrogens is 343 g/mol. The summed E-state index contributed by atoms with van der Waals surface area (Å²) in [5, 5.41) is 15.1. The highest BCUT2D eigenvalue weighted by Gasteiger charge is 2.33. The second kappa shape index (κ2) is 10.8. The number of methoxy groups -OCH3 is 1. The lowest BCUT2D eigenvalue weighted by atomic mass is 10.3. The second-order valence-corrected chi connectivity index (χ2v) is 4.45. The van der Waals surface area contributed by atoms with E-state index in [4.69, 9.17) is 5.11 Å². The molecule has 0 radical (unpaired) electrons. The van der Waals surface area contributed by atoms with E-state index in [9.17, 15) is 22.8 Å². The molecule has 0 aliphatic carbocycles. The highest BCUT2D eigenvalue weighted by Crippen LogP contribution is 2.23. The quantitative estimate of drug-likeness (QED) is 0.435. The van der Waals surface area contributed by atoms with Gasteiger partial charge in [-0.3, -0.25) is 9.59 Å². The Morgan fingerprint density at radius 1 is 1.48 bits per heavy atom. The molecule has 0 spiro atoms. The maximum Gasteiger partial charge on any atom is 0.448 e. The third-order valence-corrected chi connectivity index (χ3v) is 2.56. The number of carbonyl (C=O) groups excluding carboxylic acids is 1. The number of nitrogens with zero attached hydrogens (tertiary/aromatic N) is 2. The molecule has 1 rings (SSSR count). The number of amides is 1. The molecule has 138 valence electrons. The highest BCUT2D eigenvalue weighted by molar-refractivity contribution is 5.93. The number of rotatable bonds is 7. The van der Waals surface area contributed by atoms with Crippen LogP contribution in [-0.4, -0.2) is 41.9 Å². The number of hydrogen-bond acceptors (Lipinski definition) is 4. The first-order valence-corrected chi connectivity index (χ1v) is 6.88. The minimum Gasteiger partial charge on any atom is -0.493 e. The van der Waals surface area contributed by atoms with Crippen molar-refractivity contribution < 1.29 is 37.3 Å². The Balaban J connectivity index is 0.000000609. The molecule has 1 aromatic rings. The average molecular weight is 362 g/mol. The zero-order valence-electron chi connectivity index (χ0n) is 13.5. The topological polar surface area (TPSA) is 92.4 Å². The molecule has 2 N–H and O–H groups in total. The minimum absolute atomic E-state index is 0.000324. The first-order valence-electron chi connectivity index (χ1n) is 6.88. The predicted octanol–water partition coefficient (Wildman–Crippen LogP) is 1.47. The van der Waals surface area contributed by atoms with Crippen LogP contribution in [0, 0.1) is 0 Å². The molecule has 1 aromatic heterocycles. The van der Waals surface area contributed by atoms with Crippen molar-refractivity contribution in [2.45, 2.75) is 19.1 Å². The Morgan fingerprint density at radius 2 is 2.12 bits per heavy atom. The summed E-state index contributed by atoms with van der Waals surface area (Å²) in [5.41, 5.74) is 0.429. The van der Waals surface area contributed by atoms with Crippen LogP contribution in [0.15, 0.2) is 43.5 Å². The SMILES string of the molecule is C=C(OC)C(F)(F)F.C=CCNC(=O)c1cc[n+](CCC(=O)O)nc1. The number of aryl methyl sites for hydroxylation is 1. The van der Waals surface area contributed by atoms with Gasteiger partial charge in [0.2, 0.25) is 0 Å². The fourth-order valence-electron chi connectivity index (χ4n) is 1.24. The van der Waals surface area contributed by atoms with Gasteiger partial charge in [-0.15, -0.1) is 6.58 Å². The van der Waals surface area contributed by atoms with Crippen LogP contribution in [0.1, 0.15) is 16.8 Å². The Morgan fingerprint density at radius 3 is 2.48 bits per heavy atom. The Bertz CT molecular complexity index is 601. The fourth-order valence-corrected chi connectivity index (χ4v) is 1.24. The third kappa shape index (κ3) is 9.74. The van der Waals surface area contributed by atoms with E-state index >= 15 is 0 Å². The molecule has 0 aliphatic rings. The summed E-state index contributed by atoms with van der Waals surface area (Å²) in [6.07, 6.45) is 0.155. The van der Waals surface area contributed by atoms with E-state index in [0.717, 1.165) is 7.11 Å². The van der Waals surface area contributed by atoms with Gasteiger partial charge in [-0.05, 0) is 5.10 Å². The molecular formula is C15H19F3N3O4+. The average Bonchev–Trinajstić information content (AvgIpc) is 2.57. The third-order valence-electron chi connectivity index (χ3n) is 2.56. The van der Waals surface area contributed by atoms with Gasteiger partial charge in [0.15, 0.2) is 18.5 Å². The van der Waals surface area contributed by atoms with Crippen LogP contribution in [0.2, 0.25) is 0 Å². The first-order chi connectivity index (χ1) is 11.6. The van der Waals surface area contributed by atoms with Crippen LogP contribution >= 0.6 is 0 Å². The number of allylic oxidation sites excluding steroid dienone is 1. The molecule has 0 aromatic carbocycles. The van der Waals surface area contributed by atoms with Crippen molar-refractivity contribution in [2.24, 2.45) is 0 Å². The van der Waals surface area contributed by atoms with E-state index in [2.05, 4.69) is 28.3 Å². The molecule has 0 unspecified atom stereocenters. The monoisotopic (exact) mass is 362 g/mol. The van der Waals surface area contributed by atoms with Gasteiger partial charge in [-0.2, -0.15) is 13.2 Å². The van der Waals surface area contributed by atoms with Gasteiger partial charge in [-0.1, -0.05) is 17.3 Å². The lowest BCUT2D eigenvalue weighted by Crippen LogP contribution is -2.39. The van der Waals surface area contributed by atoms with Gasteiger partial charge in [0.1, 0.15) is 12.6 Å². The van der Waals surface area contributed by atoms with Crippen LogP contribution in [-0.2, 0) is 16.1 Å². The van der Waals surface area contributed by atoms with Gasteiger partial charge in [0.05, 0.1) is 12.7 Å². The minimum atomic E-state index is -4.41. The molecule has 0 bridgehead atoms. The zero-order valence-corrected chi connectivity index (χ0v) is 13.5. The number of alkyl halides is 3. The van der Waals surface area contributed by atoms with Crippen LogP contribution in [0.25, 0.3) is 0 Å². The van der Waals surface area contributed by atoms with E-state index in [1.165, 1.54) is 10.9 Å². The van der Waals surface area contributed by atoms with Crippen molar-refractivity contribution >= 4 is 11.9 Å². The van der Waals surface area contributed by atoms with E-state index in [1.807, 2.05) is 0 Å². The van der Waals surface area contributed by atoms with Crippen molar-refractivity contribution in [3.05, 3.63) is 49.0 Å². The van der Waals surface area contributed by atoms with Crippen molar-refractivity contribution in [1.29, 1.82) is 0 Å². The molecule has 0 atom stereocenters. The summed E-state index contributed by atoms with van der Waals surface area (Å²) < 4.78 is 38.9. The molecule has 10 heteroatoms. The number of hydrogen-bond donors (Lipinski definition) is 2. The van der Waals surface area contributed by atoms with E-state index in [1.54, 1.807) is 18.3 Å². The lowest BCUT2D eigenvalue weighted by Gasteiger charge is -2.06. The summed E-state index contributed by atoms with van der Waals surface area (Å²) >= 11 is 0. The van der Waals surface area contributed by atoms with Crippen molar-refractivity contribution in [3.63, 3.8) is 0 Å². The van der Waals surface area contributed by atoms with E-state index in [-0.39, 0.29) is 18.9 Å². The summed E-state index contributed by atoms with van der Waals surface area (Å²) in [6.45, 7) is 6.77. The number of aromatic nitrogens is 2. The molecule has 0 fully saturated rings. The first kappa shape index (κ1) is 22.1. The van der Waals surface area contributed by atoms with Crippen molar-refractivity contribution in [3.8, 4) is 0 Å². The number of aliphatic carboxylic acids is 1. The zero-order chi connectivity index (χ0) is 19.5. The van der Waals surface area contributed by atoms with E-state index in [0.29, 0.717) is 12.1 Å². The van der Waals surface area contributed by atoms with Gasteiger partial charge < -0.3 is 15.2 Å². The summed E-state index contributed by atoms with van der Waals surface area (Å²) in [6, 6.07) is 1.59. The molecule has 1 amide bonds. The number of carboxylic acid groups (broad SMARTS) is 1. The molecule has 0 saturated carbocycles. The number of carbonyl (C=O) groups is 2. The number of ether oxygens (including phenoxy) is 1. The second-order valence-electron chi connectivity index (χ2n) is 4.45. The summed E-state index contributed by atoms with van der Waals surface area (Å²) in [4.78, 5) is 21.8. The normalized spacial score (nSPS) is 10.1. The van der Waals surface area contributed by atoms with Crippen LogP contribution in [0.3, 0.4) is 0 Å². The number of carboxylic acids is 1. The van der Waals surface area contributed by atoms with Crippen molar-refractivity contribution in [1.82, 2.24) is 10.4 Å². The molecule has 25 heavy (non-hydrogen) atoms. The van der Waals surface area contributed by atoms with Gasteiger partial charge in [-0.25, -0.2) is 0 Å². The van der Waals surface area contributed by atoms with Crippen LogP contribution in [0.4, 0.5) is 13.2 Å². The number of nitrogens with one attached hydrogen (secondary N) is 1. The van der Waals surface area contributed by atoms with Gasteiger partial charge >= 0.3 is 12.1 Å². The lowest BCUT2D eigenvalue weighted by molar-refractivity contribution is -0.753. The number of halogens is 3. The molecule has 7 nitrogen and oxygen atoms in total. The van der Waals surface area contributed by atoms with Crippen LogP contribution in [0.5, 0.6) is 0 Å². The maximum absolute atomic E-state index is 11.5. The highest BCUT2D eigenvalue weighted by atomic mass is 19.4. The van der Waals surface area contributed by atoms with E-state index < -0.39 is 17.9 Å². The summed E-state index contributed by atoms with van der Waals surface area (Å²) in [7, 11) is 0.926. The standard InChI is InChI=1S/C11H13N3O3.C4H5F3O/c1-2-5-12-11(17)9-3-6-14(13-8-9)7-4-10(15)16;1-3(8-2)4(5,6)7/h2-3,6,8H,1,4-5,7H2,(H-,12,15,16,17);1H2,2H3/p+1. The Labute approximate surface area is 142 Å². The fraction of sp³-hybridized carbons (Fsp3) is 0.333. The Hall–Kier alpha value is -2.91. The van der Waals surface area contributed by atoms with Gasteiger partial charge in [0, 0.05) is 12.6 Å². The molecule has 1 heterocycles. The van der Waals surface area contributed by atoms with Crippen LogP contribution < -0.4 is 10.00 Å². The molecule has 0 saturated heterocycles. The Kier molecular flexibility index (Phi) is 9.53. The molecule has 0 aliphatic heterocycles. The maximum atomic E-state index is 11.5.